The maximum absolute atomic E-state index is 12.3. The highest BCUT2D eigenvalue weighted by Crippen LogP contribution is 2.31. The second-order valence-electron chi connectivity index (χ2n) is 4.75. The van der Waals surface area contributed by atoms with Crippen LogP contribution >= 0.6 is 11.8 Å². The van der Waals surface area contributed by atoms with E-state index in [9.17, 15) is 14.9 Å². The van der Waals surface area contributed by atoms with E-state index in [1.807, 2.05) is 30.3 Å². The standard InChI is InChI=1S/C16H13N3O3S/c1-11(12-5-3-2-4-6-12)16(20)18-13-7-8-15(23-10-17)14(9-13)19(21)22/h2-9,11H,1H3,(H,18,20). The number of nitriles is 1. The van der Waals surface area contributed by atoms with E-state index in [4.69, 9.17) is 5.26 Å². The van der Waals surface area contributed by atoms with Crippen LogP contribution < -0.4 is 5.32 Å². The van der Waals surface area contributed by atoms with Crippen molar-refractivity contribution >= 4 is 29.0 Å². The Hall–Kier alpha value is -2.85. The molecule has 0 aliphatic rings. The van der Waals surface area contributed by atoms with Gasteiger partial charge < -0.3 is 5.32 Å². The van der Waals surface area contributed by atoms with Gasteiger partial charge in [-0.3, -0.25) is 14.9 Å². The van der Waals surface area contributed by atoms with Gasteiger partial charge in [0.15, 0.2) is 0 Å². The van der Waals surface area contributed by atoms with Gasteiger partial charge in [-0.2, -0.15) is 5.26 Å². The number of nitrogens with one attached hydrogen (secondary N) is 1. The Bertz CT molecular complexity index is 772. The van der Waals surface area contributed by atoms with Crippen LogP contribution in [0.15, 0.2) is 53.4 Å². The molecule has 0 heterocycles. The molecule has 0 saturated carbocycles. The van der Waals surface area contributed by atoms with E-state index in [1.54, 1.807) is 18.4 Å². The second-order valence-corrected chi connectivity index (χ2v) is 5.58. The molecule has 2 rings (SSSR count). The number of benzene rings is 2. The minimum Gasteiger partial charge on any atom is -0.325 e. The first-order valence-corrected chi connectivity index (χ1v) is 7.54. The highest BCUT2D eigenvalue weighted by Gasteiger charge is 2.19. The number of hydrogen-bond donors (Lipinski definition) is 1. The van der Waals surface area contributed by atoms with Gasteiger partial charge in [0.2, 0.25) is 5.91 Å². The molecule has 0 spiro atoms. The van der Waals surface area contributed by atoms with Crippen LogP contribution in [0.4, 0.5) is 11.4 Å². The molecule has 7 heteroatoms. The van der Waals surface area contributed by atoms with Gasteiger partial charge in [-0.05, 0) is 36.4 Å². The van der Waals surface area contributed by atoms with Gasteiger partial charge in [0.25, 0.3) is 5.69 Å². The Labute approximate surface area is 137 Å². The summed E-state index contributed by atoms with van der Waals surface area (Å²) >= 11 is 0.712. The summed E-state index contributed by atoms with van der Waals surface area (Å²) < 4.78 is 0. The van der Waals surface area contributed by atoms with Crippen molar-refractivity contribution in [2.45, 2.75) is 17.7 Å². The highest BCUT2D eigenvalue weighted by atomic mass is 32.2. The van der Waals surface area contributed by atoms with Gasteiger partial charge in [-0.15, -0.1) is 0 Å². The first kappa shape index (κ1) is 16.5. The van der Waals surface area contributed by atoms with E-state index < -0.39 is 4.92 Å². The molecule has 1 atom stereocenters. The van der Waals surface area contributed by atoms with Gasteiger partial charge in [-0.25, -0.2) is 0 Å². The summed E-state index contributed by atoms with van der Waals surface area (Å²) in [4.78, 5) is 23.0. The first-order chi connectivity index (χ1) is 11.0. The molecule has 0 saturated heterocycles. The molecule has 2 aromatic carbocycles. The monoisotopic (exact) mass is 327 g/mol. The third-order valence-electron chi connectivity index (χ3n) is 3.27. The van der Waals surface area contributed by atoms with E-state index in [1.165, 1.54) is 12.1 Å². The van der Waals surface area contributed by atoms with E-state index in [0.717, 1.165) is 5.56 Å². The molecular weight excluding hydrogens is 314 g/mol. The summed E-state index contributed by atoms with van der Waals surface area (Å²) in [5, 5.41) is 24.2. The number of amides is 1. The zero-order chi connectivity index (χ0) is 16.8. The van der Waals surface area contributed by atoms with Crippen molar-refractivity contribution < 1.29 is 9.72 Å². The summed E-state index contributed by atoms with van der Waals surface area (Å²) in [6.45, 7) is 1.76. The number of carbonyl (C=O) groups is 1. The number of nitro groups is 1. The van der Waals surface area contributed by atoms with Crippen LogP contribution in [0.2, 0.25) is 0 Å². The largest absolute Gasteiger partial charge is 0.325 e. The molecular formula is C16H13N3O3S. The van der Waals surface area contributed by atoms with Crippen molar-refractivity contribution in [2.75, 3.05) is 5.32 Å². The molecule has 1 unspecified atom stereocenters. The molecule has 1 N–H and O–H groups in total. The lowest BCUT2D eigenvalue weighted by Crippen LogP contribution is -2.18. The number of anilines is 1. The van der Waals surface area contributed by atoms with Crippen LogP contribution in [-0.4, -0.2) is 10.8 Å². The van der Waals surface area contributed by atoms with Crippen molar-refractivity contribution in [1.82, 2.24) is 0 Å². The number of rotatable bonds is 5. The first-order valence-electron chi connectivity index (χ1n) is 6.73. The summed E-state index contributed by atoms with van der Waals surface area (Å²) in [5.74, 6) is -0.644. The molecule has 6 nitrogen and oxygen atoms in total. The molecule has 2 aromatic rings. The molecule has 23 heavy (non-hydrogen) atoms. The second kappa shape index (κ2) is 7.42. The minimum absolute atomic E-state index is 0.207. The predicted octanol–water partition coefficient (Wildman–Crippen LogP) is 3.91. The van der Waals surface area contributed by atoms with E-state index >= 15 is 0 Å². The smallest absolute Gasteiger partial charge is 0.286 e. The molecule has 0 aromatic heterocycles. The normalized spacial score (nSPS) is 11.3. The van der Waals surface area contributed by atoms with Crippen LogP contribution in [-0.2, 0) is 4.79 Å². The molecule has 1 amide bonds. The third-order valence-corrected chi connectivity index (χ3v) is 3.93. The number of nitro benzene ring substituents is 1. The van der Waals surface area contributed by atoms with Crippen LogP contribution in [0, 0.1) is 20.8 Å². The quantitative estimate of drug-likeness (QED) is 0.389. The topological polar surface area (TPSA) is 96.0 Å². The Morgan fingerprint density at radius 3 is 2.61 bits per heavy atom. The van der Waals surface area contributed by atoms with Gasteiger partial charge in [-0.1, -0.05) is 30.3 Å². The number of thiocyanates is 1. The van der Waals surface area contributed by atoms with Crippen molar-refractivity contribution in [3.05, 3.63) is 64.2 Å². The average Bonchev–Trinajstić information content (AvgIpc) is 2.56. The molecule has 116 valence electrons. The molecule has 0 aliphatic heterocycles. The number of nitrogens with zero attached hydrogens (tertiary/aromatic N) is 2. The van der Waals surface area contributed by atoms with Crippen LogP contribution in [0.25, 0.3) is 0 Å². The fourth-order valence-electron chi connectivity index (χ4n) is 2.02. The SMILES string of the molecule is CC(C(=O)Nc1ccc(SC#N)c([N+](=O)[O-])c1)c1ccccc1. The maximum atomic E-state index is 12.3. The zero-order valence-electron chi connectivity index (χ0n) is 12.2. The molecule has 0 bridgehead atoms. The predicted molar refractivity (Wildman–Crippen MR) is 88.1 cm³/mol. The minimum atomic E-state index is -0.573. The van der Waals surface area contributed by atoms with Crippen molar-refractivity contribution in [1.29, 1.82) is 5.26 Å². The molecule has 0 radical (unpaired) electrons. The average molecular weight is 327 g/mol. The number of hydrogen-bond acceptors (Lipinski definition) is 5. The van der Waals surface area contributed by atoms with Gasteiger partial charge >= 0.3 is 0 Å². The summed E-state index contributed by atoms with van der Waals surface area (Å²) in [5.41, 5.74) is 0.977. The van der Waals surface area contributed by atoms with Gasteiger partial charge in [0.05, 0.1) is 10.8 Å². The molecule has 0 aliphatic carbocycles. The van der Waals surface area contributed by atoms with E-state index in [-0.39, 0.29) is 22.4 Å². The van der Waals surface area contributed by atoms with Gasteiger partial charge in [0.1, 0.15) is 10.3 Å². The van der Waals surface area contributed by atoms with Crippen LogP contribution in [0.1, 0.15) is 18.4 Å². The van der Waals surface area contributed by atoms with Crippen LogP contribution in [0.3, 0.4) is 0 Å². The number of carbonyl (C=O) groups excluding carboxylic acids is 1. The summed E-state index contributed by atoms with van der Waals surface area (Å²) in [6, 6.07) is 13.5. The lowest BCUT2D eigenvalue weighted by Gasteiger charge is -2.12. The summed E-state index contributed by atoms with van der Waals surface area (Å²) in [6.07, 6.45) is 0. The van der Waals surface area contributed by atoms with Crippen molar-refractivity contribution in [3.8, 4) is 5.40 Å². The zero-order valence-corrected chi connectivity index (χ0v) is 13.0. The lowest BCUT2D eigenvalue weighted by atomic mass is 10.0. The maximum Gasteiger partial charge on any atom is 0.286 e. The van der Waals surface area contributed by atoms with Gasteiger partial charge in [0, 0.05) is 11.8 Å². The van der Waals surface area contributed by atoms with Crippen LogP contribution in [0.5, 0.6) is 0 Å². The Morgan fingerprint density at radius 1 is 1.30 bits per heavy atom. The molecule has 0 fully saturated rings. The Balaban J connectivity index is 2.20. The van der Waals surface area contributed by atoms with Crippen molar-refractivity contribution in [2.24, 2.45) is 0 Å². The third kappa shape index (κ3) is 4.08. The van der Waals surface area contributed by atoms with Crippen molar-refractivity contribution in [3.63, 3.8) is 0 Å². The summed E-state index contributed by atoms with van der Waals surface area (Å²) in [7, 11) is 0. The number of thioether (sulfide) groups is 1. The highest BCUT2D eigenvalue weighted by molar-refractivity contribution is 8.03. The Kier molecular flexibility index (Phi) is 5.33. The van der Waals surface area contributed by atoms with E-state index in [0.29, 0.717) is 17.4 Å². The fourth-order valence-corrected chi connectivity index (χ4v) is 2.49. The van der Waals surface area contributed by atoms with E-state index in [2.05, 4.69) is 5.32 Å². The Morgan fingerprint density at radius 2 is 2.00 bits per heavy atom. The lowest BCUT2D eigenvalue weighted by molar-refractivity contribution is -0.387. The fraction of sp³-hybridized carbons (Fsp3) is 0.125.